The lowest BCUT2D eigenvalue weighted by molar-refractivity contribution is 0.0637. The van der Waals surface area contributed by atoms with E-state index in [-0.39, 0.29) is 0 Å². The molecule has 0 spiro atoms. The summed E-state index contributed by atoms with van der Waals surface area (Å²) in [4.78, 5) is 2.11. The lowest BCUT2D eigenvalue weighted by atomic mass is 10.3. The van der Waals surface area contributed by atoms with Gasteiger partial charge in [0.15, 0.2) is 0 Å². The molecule has 1 aliphatic heterocycles. The predicted molar refractivity (Wildman–Crippen MR) is 44.8 cm³/mol. The van der Waals surface area contributed by atoms with Gasteiger partial charge in [0, 0.05) is 25.6 Å². The van der Waals surface area contributed by atoms with E-state index in [1.54, 1.807) is 0 Å². The zero-order valence-corrected chi connectivity index (χ0v) is 6.81. The van der Waals surface area contributed by atoms with Crippen LogP contribution in [-0.2, 0) is 4.74 Å². The second kappa shape index (κ2) is 5.03. The summed E-state index contributed by atoms with van der Waals surface area (Å²) in [5.41, 5.74) is 0. The van der Waals surface area contributed by atoms with Crippen LogP contribution in [0.2, 0.25) is 0 Å². The first-order valence-corrected chi connectivity index (χ1v) is 4.04. The van der Waals surface area contributed by atoms with Gasteiger partial charge < -0.3 is 9.64 Å². The quantitative estimate of drug-likeness (QED) is 0.517. The second-order valence-corrected chi connectivity index (χ2v) is 2.49. The van der Waals surface area contributed by atoms with Crippen molar-refractivity contribution in [1.82, 2.24) is 4.90 Å². The molecule has 2 nitrogen and oxygen atoms in total. The van der Waals surface area contributed by atoms with Crippen LogP contribution in [0.15, 0.2) is 0 Å². The molecule has 1 saturated heterocycles. The van der Waals surface area contributed by atoms with Gasteiger partial charge in [-0.05, 0) is 6.42 Å². The monoisotopic (exact) mass is 152 g/mol. The summed E-state index contributed by atoms with van der Waals surface area (Å²) in [5.74, 6) is 3.06. The maximum atomic E-state index is 5.18. The smallest absolute Gasteiger partial charge is 0.0649 e. The van der Waals surface area contributed by atoms with Crippen molar-refractivity contribution in [2.24, 2.45) is 0 Å². The molecule has 0 aromatic rings. The van der Waals surface area contributed by atoms with E-state index in [4.69, 9.17) is 4.74 Å². The Balaban J connectivity index is 2.19. The third kappa shape index (κ3) is 3.29. The fourth-order valence-electron chi connectivity index (χ4n) is 0.931. The normalized spacial score (nSPS) is 17.4. The molecule has 0 saturated carbocycles. The largest absolute Gasteiger partial charge is 0.378 e. The molecule has 0 aromatic heterocycles. The molecule has 1 radical (unpaired) electrons. The summed E-state index contributed by atoms with van der Waals surface area (Å²) in [6.45, 7) is 7.26. The summed E-state index contributed by atoms with van der Waals surface area (Å²) in [6.07, 6.45) is 1.80. The summed E-state index contributed by atoms with van der Waals surface area (Å²) < 4.78 is 5.18. The molecule has 1 heterocycles. The van der Waals surface area contributed by atoms with E-state index < -0.39 is 0 Å². The van der Waals surface area contributed by atoms with Gasteiger partial charge in [-0.3, -0.25) is 0 Å². The van der Waals surface area contributed by atoms with Crippen molar-refractivity contribution in [3.63, 3.8) is 0 Å². The topological polar surface area (TPSA) is 12.5 Å². The number of hydrogen-bond donors (Lipinski definition) is 0. The highest BCUT2D eigenvalue weighted by atomic mass is 16.5. The molecule has 0 aliphatic carbocycles. The maximum absolute atomic E-state index is 5.18. The zero-order valence-electron chi connectivity index (χ0n) is 6.81. The Kier molecular flexibility index (Phi) is 3.85. The van der Waals surface area contributed by atoms with Gasteiger partial charge in [0.1, 0.15) is 0 Å². The summed E-state index contributed by atoms with van der Waals surface area (Å²) in [6, 6.07) is 3.09. The second-order valence-electron chi connectivity index (χ2n) is 2.49. The Labute approximate surface area is 68.5 Å². The van der Waals surface area contributed by atoms with Crippen LogP contribution in [0.3, 0.4) is 0 Å². The first-order valence-electron chi connectivity index (χ1n) is 4.04. The molecule has 1 fully saturated rings. The molecule has 1 rings (SSSR count). The van der Waals surface area contributed by atoms with E-state index in [1.807, 2.05) is 0 Å². The fourth-order valence-corrected chi connectivity index (χ4v) is 0.931. The Morgan fingerprint density at radius 1 is 1.36 bits per heavy atom. The van der Waals surface area contributed by atoms with Crippen LogP contribution >= 0.6 is 0 Å². The molecular formula is C9H14NO. The van der Waals surface area contributed by atoms with E-state index in [2.05, 4.69) is 23.8 Å². The van der Waals surface area contributed by atoms with E-state index in [0.29, 0.717) is 0 Å². The molecule has 0 aromatic carbocycles. The third-order valence-corrected chi connectivity index (χ3v) is 1.55. The minimum atomic E-state index is 0.819. The first kappa shape index (κ1) is 8.42. The Hall–Kier alpha value is -0.680. The maximum Gasteiger partial charge on any atom is 0.0649 e. The first-order chi connectivity index (χ1) is 5.43. The highest BCUT2D eigenvalue weighted by molar-refractivity contribution is 4.99. The Morgan fingerprint density at radius 3 is 2.73 bits per heavy atom. The van der Waals surface area contributed by atoms with E-state index >= 15 is 0 Å². The van der Waals surface area contributed by atoms with E-state index in [1.165, 1.54) is 0 Å². The van der Waals surface area contributed by atoms with Crippen LogP contribution in [-0.4, -0.2) is 31.2 Å². The number of rotatable bonds is 1. The van der Waals surface area contributed by atoms with Crippen LogP contribution < -0.4 is 0 Å². The van der Waals surface area contributed by atoms with E-state index in [0.717, 1.165) is 39.1 Å². The summed E-state index contributed by atoms with van der Waals surface area (Å²) >= 11 is 0. The fraction of sp³-hybridized carbons (Fsp3) is 0.667. The van der Waals surface area contributed by atoms with E-state index in [9.17, 15) is 0 Å². The third-order valence-electron chi connectivity index (χ3n) is 1.55. The van der Waals surface area contributed by atoms with Gasteiger partial charge in [-0.15, -0.1) is 0 Å². The zero-order chi connectivity index (χ0) is 7.94. The number of hydrogen-bond acceptors (Lipinski definition) is 2. The predicted octanol–water partition coefficient (Wildman–Crippen LogP) is 0.894. The minimum Gasteiger partial charge on any atom is -0.378 e. The molecular weight excluding hydrogens is 138 g/mol. The molecule has 0 bridgehead atoms. The Bertz CT molecular complexity index is 151. The number of unbranched alkanes of at least 4 members (excludes halogenated alkanes) is 1. The van der Waals surface area contributed by atoms with Crippen molar-refractivity contribution >= 4 is 0 Å². The van der Waals surface area contributed by atoms with Gasteiger partial charge in [0.05, 0.1) is 13.2 Å². The lowest BCUT2D eigenvalue weighted by Gasteiger charge is -2.22. The number of nitrogens with zero attached hydrogens (tertiary/aromatic N) is 1. The van der Waals surface area contributed by atoms with Crippen molar-refractivity contribution < 1.29 is 4.74 Å². The summed E-state index contributed by atoms with van der Waals surface area (Å²) in [5, 5.41) is 0. The van der Waals surface area contributed by atoms with Crippen molar-refractivity contribution in [3.05, 3.63) is 6.92 Å². The highest BCUT2D eigenvalue weighted by Gasteiger charge is 2.04. The minimum absolute atomic E-state index is 0.819. The molecule has 1 aliphatic rings. The Morgan fingerprint density at radius 2 is 2.09 bits per heavy atom. The van der Waals surface area contributed by atoms with Gasteiger partial charge in [-0.2, -0.15) is 0 Å². The molecule has 0 unspecified atom stereocenters. The van der Waals surface area contributed by atoms with Crippen LogP contribution in [0, 0.1) is 18.9 Å². The highest BCUT2D eigenvalue weighted by Crippen LogP contribution is 1.93. The van der Waals surface area contributed by atoms with Crippen molar-refractivity contribution in [2.75, 3.05) is 26.3 Å². The average molecular weight is 152 g/mol. The molecule has 0 atom stereocenters. The molecule has 2 heteroatoms. The van der Waals surface area contributed by atoms with Gasteiger partial charge in [0.2, 0.25) is 0 Å². The number of morpholine rings is 1. The van der Waals surface area contributed by atoms with Crippen LogP contribution in [0.4, 0.5) is 0 Å². The van der Waals surface area contributed by atoms with Gasteiger partial charge in [-0.1, -0.05) is 12.8 Å². The average Bonchev–Trinajstić information content (AvgIpc) is 2.07. The molecule has 0 amide bonds. The van der Waals surface area contributed by atoms with Gasteiger partial charge >= 0.3 is 0 Å². The van der Waals surface area contributed by atoms with Crippen molar-refractivity contribution in [3.8, 4) is 12.0 Å². The van der Waals surface area contributed by atoms with Crippen LogP contribution in [0.1, 0.15) is 12.8 Å². The van der Waals surface area contributed by atoms with Crippen LogP contribution in [0.5, 0.6) is 0 Å². The molecule has 61 valence electrons. The van der Waals surface area contributed by atoms with Gasteiger partial charge in [-0.25, -0.2) is 0 Å². The van der Waals surface area contributed by atoms with Gasteiger partial charge in [0.25, 0.3) is 0 Å². The van der Waals surface area contributed by atoms with Crippen molar-refractivity contribution in [2.45, 2.75) is 12.8 Å². The summed E-state index contributed by atoms with van der Waals surface area (Å²) in [7, 11) is 0. The number of ether oxygens (including phenoxy) is 1. The van der Waals surface area contributed by atoms with Crippen molar-refractivity contribution in [1.29, 1.82) is 0 Å². The van der Waals surface area contributed by atoms with Crippen LogP contribution in [0.25, 0.3) is 0 Å². The SMILES string of the molecule is [CH2]CCC#CN1CCOCC1. The standard InChI is InChI=1S/C9H14NO/c1-2-3-4-5-10-6-8-11-9-7-10/h1-3,6-9H2. The molecule has 11 heavy (non-hydrogen) atoms. The molecule has 0 N–H and O–H groups in total. The lowest BCUT2D eigenvalue weighted by Crippen LogP contribution is -2.32.